The van der Waals surface area contributed by atoms with Gasteiger partial charge in [0.05, 0.1) is 7.11 Å². The predicted octanol–water partition coefficient (Wildman–Crippen LogP) is 5.40. The fraction of sp³-hybridized carbons (Fsp3) is 0.947. The second-order valence-electron chi connectivity index (χ2n) is 16.2. The summed E-state index contributed by atoms with van der Waals surface area (Å²) in [6.45, 7) is 15.4. The number of carbonyl (C=O) groups is 2. The van der Waals surface area contributed by atoms with Crippen LogP contribution in [0.25, 0.3) is 0 Å². The topological polar surface area (TPSA) is 118 Å². The van der Waals surface area contributed by atoms with Crippen molar-refractivity contribution in [3.05, 3.63) is 0 Å². The van der Waals surface area contributed by atoms with Crippen molar-refractivity contribution in [3.63, 3.8) is 0 Å². The summed E-state index contributed by atoms with van der Waals surface area (Å²) in [4.78, 5) is 25.1. The fourth-order valence-corrected chi connectivity index (χ4v) is 10.8. The molecule has 1 amide bonds. The molecule has 0 spiro atoms. The van der Waals surface area contributed by atoms with E-state index in [9.17, 15) is 9.59 Å². The first-order valence-corrected chi connectivity index (χ1v) is 19.4. The van der Waals surface area contributed by atoms with E-state index in [4.69, 9.17) is 10.5 Å². The molecule has 4 rings (SSSR count). The second-order valence-corrected chi connectivity index (χ2v) is 16.2. The maximum absolute atomic E-state index is 12.8. The summed E-state index contributed by atoms with van der Waals surface area (Å²) in [6, 6.07) is 0.156. The summed E-state index contributed by atoms with van der Waals surface area (Å²) in [5.74, 6) is 3.98. The van der Waals surface area contributed by atoms with Crippen LogP contribution < -0.4 is 27.0 Å². The van der Waals surface area contributed by atoms with Crippen LogP contribution in [-0.2, 0) is 14.3 Å². The largest absolute Gasteiger partial charge is 0.467 e. The van der Waals surface area contributed by atoms with Gasteiger partial charge in [0.1, 0.15) is 6.04 Å². The molecule has 10 unspecified atom stereocenters. The van der Waals surface area contributed by atoms with Gasteiger partial charge in [0.25, 0.3) is 0 Å². The molecule has 0 bridgehead atoms. The Morgan fingerprint density at radius 3 is 2.30 bits per heavy atom. The van der Waals surface area contributed by atoms with Crippen LogP contribution in [0.15, 0.2) is 0 Å². The summed E-state index contributed by atoms with van der Waals surface area (Å²) in [5, 5.41) is 13.9. The van der Waals surface area contributed by atoms with E-state index in [2.05, 4.69) is 35.1 Å². The number of rotatable bonds is 19. The van der Waals surface area contributed by atoms with E-state index in [-0.39, 0.29) is 17.8 Å². The van der Waals surface area contributed by atoms with Crippen molar-refractivity contribution in [2.75, 3.05) is 46.4 Å². The number of hydrogen-bond acceptors (Lipinski definition) is 7. The number of hydrogen-bond donors (Lipinski definition) is 5. The highest BCUT2D eigenvalue weighted by Crippen LogP contribution is 2.67. The minimum absolute atomic E-state index is 0.00521. The van der Waals surface area contributed by atoms with E-state index >= 15 is 0 Å². The quantitative estimate of drug-likeness (QED) is 0.0944. The van der Waals surface area contributed by atoms with Gasteiger partial charge in [-0.1, -0.05) is 34.1 Å². The van der Waals surface area contributed by atoms with Gasteiger partial charge in [0, 0.05) is 25.6 Å². The number of esters is 1. The van der Waals surface area contributed by atoms with Gasteiger partial charge in [-0.15, -0.1) is 0 Å². The Morgan fingerprint density at radius 2 is 1.59 bits per heavy atom. The third-order valence-corrected chi connectivity index (χ3v) is 13.8. The molecule has 0 aromatic rings. The minimum atomic E-state index is -0.541. The zero-order valence-corrected chi connectivity index (χ0v) is 30.3. The van der Waals surface area contributed by atoms with Crippen molar-refractivity contribution in [1.29, 1.82) is 0 Å². The molecule has 0 aromatic carbocycles. The minimum Gasteiger partial charge on any atom is -0.467 e. The Morgan fingerprint density at radius 1 is 0.870 bits per heavy atom. The van der Waals surface area contributed by atoms with Gasteiger partial charge in [-0.2, -0.15) is 0 Å². The molecule has 0 heterocycles. The third-order valence-electron chi connectivity index (χ3n) is 13.8. The maximum atomic E-state index is 12.8. The highest BCUT2D eigenvalue weighted by atomic mass is 16.5. The number of amides is 1. The van der Waals surface area contributed by atoms with Crippen molar-refractivity contribution in [1.82, 2.24) is 21.3 Å². The Balaban J connectivity index is 1.19. The van der Waals surface area contributed by atoms with Crippen LogP contribution in [0, 0.1) is 46.3 Å². The van der Waals surface area contributed by atoms with Crippen molar-refractivity contribution in [2.24, 2.45) is 52.1 Å². The van der Waals surface area contributed by atoms with Gasteiger partial charge < -0.3 is 31.7 Å². The molecular formula is C38H71N5O3. The molecule has 0 radical (unpaired) electrons. The zero-order chi connectivity index (χ0) is 33.2. The summed E-state index contributed by atoms with van der Waals surface area (Å²) >= 11 is 0. The van der Waals surface area contributed by atoms with E-state index in [0.29, 0.717) is 23.3 Å². The normalized spacial score (nSPS) is 35.0. The zero-order valence-electron chi connectivity index (χ0n) is 30.3. The van der Waals surface area contributed by atoms with E-state index in [1.165, 1.54) is 71.3 Å². The second kappa shape index (κ2) is 18.0. The molecule has 4 aliphatic rings. The molecule has 46 heavy (non-hydrogen) atoms. The van der Waals surface area contributed by atoms with Gasteiger partial charge in [0.2, 0.25) is 5.91 Å². The lowest BCUT2D eigenvalue weighted by molar-refractivity contribution is -0.146. The molecule has 10 atom stereocenters. The van der Waals surface area contributed by atoms with Crippen LogP contribution in [0.1, 0.15) is 124 Å². The summed E-state index contributed by atoms with van der Waals surface area (Å²) < 4.78 is 4.96. The van der Waals surface area contributed by atoms with E-state index in [1.807, 2.05) is 13.8 Å². The van der Waals surface area contributed by atoms with E-state index in [0.717, 1.165) is 94.5 Å². The van der Waals surface area contributed by atoms with Crippen LogP contribution in [-0.4, -0.2) is 70.3 Å². The van der Waals surface area contributed by atoms with Crippen LogP contribution in [0.5, 0.6) is 0 Å². The SMILES string of the molecule is CCC(C)C(NC(=O)CCCC1CCC2C3CCC4CC(NCCCNCCNCCCN)CCC4(C)C3CCC12C)C(=O)OC. The number of methoxy groups -OCH3 is 1. The van der Waals surface area contributed by atoms with Gasteiger partial charge in [-0.05, 0) is 156 Å². The molecule has 8 heteroatoms. The van der Waals surface area contributed by atoms with Crippen molar-refractivity contribution < 1.29 is 14.3 Å². The van der Waals surface area contributed by atoms with Gasteiger partial charge in [0.15, 0.2) is 0 Å². The molecule has 6 N–H and O–H groups in total. The summed E-state index contributed by atoms with van der Waals surface area (Å²) in [5.41, 5.74) is 6.50. The summed E-state index contributed by atoms with van der Waals surface area (Å²) in [7, 11) is 1.40. The molecule has 0 saturated heterocycles. The molecule has 8 nitrogen and oxygen atoms in total. The van der Waals surface area contributed by atoms with Crippen LogP contribution in [0.4, 0.5) is 0 Å². The number of nitrogens with two attached hydrogens (primary N) is 1. The van der Waals surface area contributed by atoms with Crippen molar-refractivity contribution in [3.8, 4) is 0 Å². The number of carbonyl (C=O) groups excluding carboxylic acids is 2. The molecule has 0 aliphatic heterocycles. The van der Waals surface area contributed by atoms with E-state index < -0.39 is 6.04 Å². The Bertz CT molecular complexity index is 949. The smallest absolute Gasteiger partial charge is 0.328 e. The Hall–Kier alpha value is -1.22. The number of fused-ring (bicyclic) bond motifs is 5. The average molecular weight is 646 g/mol. The van der Waals surface area contributed by atoms with Gasteiger partial charge in [-0.3, -0.25) is 4.79 Å². The molecule has 266 valence electrons. The molecule has 0 aromatic heterocycles. The molecular weight excluding hydrogens is 574 g/mol. The monoisotopic (exact) mass is 646 g/mol. The highest BCUT2D eigenvalue weighted by Gasteiger charge is 2.59. The third kappa shape index (κ3) is 9.06. The van der Waals surface area contributed by atoms with Crippen LogP contribution in [0.3, 0.4) is 0 Å². The van der Waals surface area contributed by atoms with Crippen molar-refractivity contribution >= 4 is 11.9 Å². The maximum Gasteiger partial charge on any atom is 0.328 e. The first-order valence-electron chi connectivity index (χ1n) is 19.4. The average Bonchev–Trinajstić information content (AvgIpc) is 3.39. The predicted molar refractivity (Wildman–Crippen MR) is 188 cm³/mol. The summed E-state index contributed by atoms with van der Waals surface area (Å²) in [6.07, 6.45) is 18.1. The molecule has 4 fully saturated rings. The first-order chi connectivity index (χ1) is 22.2. The lowest BCUT2D eigenvalue weighted by atomic mass is 9.44. The first kappa shape index (κ1) is 37.6. The molecule has 4 saturated carbocycles. The Kier molecular flexibility index (Phi) is 14.7. The van der Waals surface area contributed by atoms with Crippen molar-refractivity contribution in [2.45, 2.75) is 136 Å². The highest BCUT2D eigenvalue weighted by molar-refractivity contribution is 5.84. The molecule has 4 aliphatic carbocycles. The standard InChI is InChI=1S/C38H71N5O3/c1-6-27(2)35(36(45)46-5)43-34(44)11-7-10-28-13-15-32-31-14-12-29-26-30(42-23-9-22-41-25-24-40-21-8-20-39)16-18-38(29,4)33(31)17-19-37(28,32)3/h27-33,35,40-42H,6-26,39H2,1-5H3,(H,43,44). The lowest BCUT2D eigenvalue weighted by Crippen LogP contribution is -2.55. The number of ether oxygens (including phenoxy) is 1. The fourth-order valence-electron chi connectivity index (χ4n) is 10.8. The van der Waals surface area contributed by atoms with Crippen LogP contribution >= 0.6 is 0 Å². The lowest BCUT2D eigenvalue weighted by Gasteiger charge is -2.61. The van der Waals surface area contributed by atoms with Gasteiger partial charge in [-0.25, -0.2) is 4.79 Å². The Labute approximate surface area is 281 Å². The van der Waals surface area contributed by atoms with Gasteiger partial charge >= 0.3 is 5.97 Å². The van der Waals surface area contributed by atoms with Crippen LogP contribution in [0.2, 0.25) is 0 Å². The van der Waals surface area contributed by atoms with E-state index in [1.54, 1.807) is 0 Å². The number of nitrogens with one attached hydrogen (secondary N) is 4.